The highest BCUT2D eigenvalue weighted by Gasteiger charge is 2.65. The molecule has 376 valence electrons. The van der Waals surface area contributed by atoms with E-state index >= 15 is 4.79 Å². The molecule has 9 rings (SSSR count). The topological polar surface area (TPSA) is 167 Å². The average Bonchev–Trinajstić information content (AvgIpc) is 4.10. The van der Waals surface area contributed by atoms with Crippen molar-refractivity contribution < 1.29 is 53.1 Å². The highest BCUT2D eigenvalue weighted by molar-refractivity contribution is 6.03. The molecule has 2 amide bonds. The largest absolute Gasteiger partial charge is 0.459 e. The van der Waals surface area contributed by atoms with Crippen molar-refractivity contribution in [2.45, 2.75) is 140 Å². The summed E-state index contributed by atoms with van der Waals surface area (Å²) in [4.78, 5) is 37.2. The molecule has 1 unspecified atom stereocenters. The van der Waals surface area contributed by atoms with Crippen molar-refractivity contribution >= 4 is 17.7 Å². The molecule has 3 N–H and O–H groups in total. The maximum Gasteiger partial charge on any atom is 0.412 e. The lowest BCUT2D eigenvalue weighted by atomic mass is 9.55. The van der Waals surface area contributed by atoms with E-state index in [9.17, 15) is 15.0 Å². The van der Waals surface area contributed by atoms with Crippen LogP contribution >= 0.6 is 0 Å². The van der Waals surface area contributed by atoms with Gasteiger partial charge in [-0.15, -0.1) is 6.58 Å². The number of hydrogen-bond acceptors (Lipinski definition) is 12. The molecule has 3 fully saturated rings. The van der Waals surface area contributed by atoms with Gasteiger partial charge >= 0.3 is 6.09 Å². The monoisotopic (exact) mass is 962 g/mol. The second-order valence-corrected chi connectivity index (χ2v) is 19.8. The molecule has 3 aliphatic carbocycles. The molecule has 0 spiro atoms. The predicted octanol–water partition coefficient (Wildman–Crippen LogP) is 9.86. The number of carbonyl (C=O) groups is 2. The van der Waals surface area contributed by atoms with Crippen molar-refractivity contribution in [1.82, 2.24) is 10.2 Å². The van der Waals surface area contributed by atoms with E-state index < -0.39 is 30.1 Å². The molecule has 1 saturated heterocycles. The van der Waals surface area contributed by atoms with E-state index in [0.717, 1.165) is 80.1 Å². The normalized spacial score (nSPS) is 26.1. The second-order valence-electron chi connectivity index (χ2n) is 19.8. The molecular formula is C56H71N3O11. The van der Waals surface area contributed by atoms with Gasteiger partial charge in [0.05, 0.1) is 24.8 Å². The van der Waals surface area contributed by atoms with Crippen molar-refractivity contribution in [3.05, 3.63) is 108 Å². The Morgan fingerprint density at radius 3 is 2.44 bits per heavy atom. The number of aliphatic hydroxyl groups excluding tert-OH is 2. The van der Waals surface area contributed by atoms with Crippen LogP contribution in [-0.4, -0.2) is 84.2 Å². The second kappa shape index (κ2) is 23.7. The number of benzene rings is 3. The Hall–Kier alpha value is -5.41. The Bertz CT molecular complexity index is 2310. The first-order chi connectivity index (χ1) is 34.4. The maximum atomic E-state index is 15.4. The third-order valence-electron chi connectivity index (χ3n) is 15.3. The highest BCUT2D eigenvalue weighted by atomic mass is 16.8. The van der Waals surface area contributed by atoms with Crippen LogP contribution in [0.4, 0.5) is 4.79 Å². The number of ether oxygens (including phenoxy) is 6. The standard InChI is InChI=1S/C56H71N3O11/c1-2-29-67-56-50(59(51(62)26-22-38-14-6-7-15-38)36-40-21-24-48-49(31-40)66-37-65-48)34-46(58-70-52-20-10-13-30-64-52)44-32-41(18-8-11-27-60)43(19-9-12-28-61)53(54(44)56)45-33-42(23-25-47(45)69-56)68-55(63)57-35-39-16-4-3-5-17-39/h2-5,16-17,21,23-25,31-33,38,41,43,50,52-54,60-61H,1,6-15,18-20,22,26-30,34-37H2,(H,57,63)/t41-,43+,50-,52?,53+,54+,56+/m0/s1. The smallest absolute Gasteiger partial charge is 0.412 e. The van der Waals surface area contributed by atoms with Gasteiger partial charge in [-0.2, -0.15) is 0 Å². The summed E-state index contributed by atoms with van der Waals surface area (Å²) in [5.41, 5.74) is 4.30. The number of allylic oxidation sites excluding steroid dienone is 1. The van der Waals surface area contributed by atoms with Crippen LogP contribution in [0.3, 0.4) is 0 Å². The Morgan fingerprint density at radius 2 is 1.66 bits per heavy atom. The fourth-order valence-electron chi connectivity index (χ4n) is 11.9. The quantitative estimate of drug-likeness (QED) is 0.0498. The lowest BCUT2D eigenvalue weighted by Crippen LogP contribution is -2.70. The number of nitrogens with one attached hydrogen (secondary N) is 1. The number of unbranched alkanes of at least 4 members (excludes halogenated alkanes) is 2. The molecule has 3 aromatic carbocycles. The van der Waals surface area contributed by atoms with Crippen molar-refractivity contribution in [2.75, 3.05) is 33.2 Å². The van der Waals surface area contributed by atoms with Crippen molar-refractivity contribution in [3.63, 3.8) is 0 Å². The van der Waals surface area contributed by atoms with Gasteiger partial charge in [0.25, 0.3) is 0 Å². The molecule has 14 heteroatoms. The Morgan fingerprint density at radius 1 is 0.871 bits per heavy atom. The number of oxime groups is 1. The zero-order valence-electron chi connectivity index (χ0n) is 40.5. The van der Waals surface area contributed by atoms with Gasteiger partial charge in [-0.1, -0.05) is 92.2 Å². The number of nitrogens with zero attached hydrogens (tertiary/aromatic N) is 2. The molecule has 70 heavy (non-hydrogen) atoms. The summed E-state index contributed by atoms with van der Waals surface area (Å²) in [5.74, 6) is 0.413. The Kier molecular flexibility index (Phi) is 16.8. The number of aliphatic hydroxyl groups is 2. The molecule has 6 aliphatic rings. The predicted molar refractivity (Wildman–Crippen MR) is 263 cm³/mol. The molecule has 0 bridgehead atoms. The van der Waals surface area contributed by atoms with Gasteiger partial charge in [-0.05, 0) is 110 Å². The zero-order chi connectivity index (χ0) is 48.3. The highest BCUT2D eigenvalue weighted by Crippen LogP contribution is 2.62. The summed E-state index contributed by atoms with van der Waals surface area (Å²) in [7, 11) is 0. The summed E-state index contributed by atoms with van der Waals surface area (Å²) < 4.78 is 38.4. The fraction of sp³-hybridized carbons (Fsp3) is 0.554. The van der Waals surface area contributed by atoms with Crippen molar-refractivity contribution in [3.8, 4) is 23.0 Å². The number of carbonyl (C=O) groups excluding carboxylic acids is 2. The molecule has 2 saturated carbocycles. The molecule has 3 heterocycles. The van der Waals surface area contributed by atoms with E-state index in [2.05, 4.69) is 18.0 Å². The molecule has 0 radical (unpaired) electrons. The number of amides is 2. The summed E-state index contributed by atoms with van der Waals surface area (Å²) in [6.07, 6.45) is 16.0. The molecule has 3 aromatic rings. The van der Waals surface area contributed by atoms with E-state index in [4.69, 9.17) is 38.4 Å². The molecule has 0 aromatic heterocycles. The van der Waals surface area contributed by atoms with E-state index in [-0.39, 0.29) is 63.2 Å². The SMILES string of the molecule is C=CCO[C@@]12Oc3ccc(OC(=O)NCc4ccccc4)cc3[C@H]3[C@H](CCCCO)[C@@H](CCCCO)C=C(C(=NOC4CCCCO4)C[C@@H]1N(Cc1ccc4c(c1)OCO4)C(=O)CCC1CCCC1)[C@H]32. The van der Waals surface area contributed by atoms with Crippen LogP contribution in [0.1, 0.15) is 125 Å². The maximum absolute atomic E-state index is 15.4. The summed E-state index contributed by atoms with van der Waals surface area (Å²) in [6, 6.07) is 20.3. The first-order valence-electron chi connectivity index (χ1n) is 25.9. The summed E-state index contributed by atoms with van der Waals surface area (Å²) >= 11 is 0. The van der Waals surface area contributed by atoms with Gasteiger partial charge in [0.2, 0.25) is 24.8 Å². The summed E-state index contributed by atoms with van der Waals surface area (Å²) in [6.45, 7) is 5.65. The van der Waals surface area contributed by atoms with Crippen LogP contribution in [0, 0.1) is 23.7 Å². The van der Waals surface area contributed by atoms with E-state index in [1.54, 1.807) is 12.1 Å². The number of hydrogen-bond donors (Lipinski definition) is 3. The van der Waals surface area contributed by atoms with Crippen LogP contribution in [-0.2, 0) is 32.2 Å². The van der Waals surface area contributed by atoms with Gasteiger partial charge < -0.3 is 53.7 Å². The minimum Gasteiger partial charge on any atom is -0.459 e. The minimum atomic E-state index is -1.46. The summed E-state index contributed by atoms with van der Waals surface area (Å²) in [5, 5.41) is 28.1. The van der Waals surface area contributed by atoms with E-state index in [0.29, 0.717) is 73.5 Å². The lowest BCUT2D eigenvalue weighted by molar-refractivity contribution is -0.258. The third kappa shape index (κ3) is 11.4. The van der Waals surface area contributed by atoms with E-state index in [1.807, 2.05) is 65.6 Å². The van der Waals surface area contributed by atoms with Crippen LogP contribution in [0.15, 0.2) is 96.2 Å². The lowest BCUT2D eigenvalue weighted by Gasteiger charge is -2.60. The van der Waals surface area contributed by atoms with Crippen LogP contribution in [0.2, 0.25) is 0 Å². The minimum absolute atomic E-state index is 0.00662. The first kappa shape index (κ1) is 49.6. The third-order valence-corrected chi connectivity index (χ3v) is 15.3. The van der Waals surface area contributed by atoms with Gasteiger partial charge in [-0.25, -0.2) is 4.79 Å². The number of fused-ring (bicyclic) bond motifs is 3. The average molecular weight is 962 g/mol. The van der Waals surface area contributed by atoms with Crippen LogP contribution in [0.5, 0.6) is 23.0 Å². The number of rotatable bonds is 22. The van der Waals surface area contributed by atoms with Gasteiger partial charge in [-0.3, -0.25) is 4.79 Å². The molecule has 14 nitrogen and oxygen atoms in total. The van der Waals surface area contributed by atoms with Crippen LogP contribution < -0.4 is 24.3 Å². The van der Waals surface area contributed by atoms with E-state index in [1.165, 1.54) is 12.8 Å². The molecular weight excluding hydrogens is 891 g/mol. The fourth-order valence-corrected chi connectivity index (χ4v) is 11.9. The van der Waals surface area contributed by atoms with Gasteiger partial charge in [0, 0.05) is 57.0 Å². The van der Waals surface area contributed by atoms with Gasteiger partial charge in [0.1, 0.15) is 17.5 Å². The molecule has 7 atom stereocenters. The van der Waals surface area contributed by atoms with Crippen molar-refractivity contribution in [2.24, 2.45) is 28.8 Å². The van der Waals surface area contributed by atoms with Crippen LogP contribution in [0.25, 0.3) is 0 Å². The zero-order valence-corrected chi connectivity index (χ0v) is 40.5. The Balaban J connectivity index is 1.19. The Labute approximate surface area is 412 Å². The van der Waals surface area contributed by atoms with Crippen molar-refractivity contribution in [1.29, 1.82) is 0 Å². The first-order valence-corrected chi connectivity index (χ1v) is 25.9. The van der Waals surface area contributed by atoms with Gasteiger partial charge in [0.15, 0.2) is 11.5 Å². The molecule has 3 aliphatic heterocycles.